The summed E-state index contributed by atoms with van der Waals surface area (Å²) in [5, 5.41) is 0. The van der Waals surface area contributed by atoms with Crippen LogP contribution in [-0.2, 0) is 24.1 Å². The lowest BCUT2D eigenvalue weighted by Crippen LogP contribution is -2.32. The molecule has 0 radical (unpaired) electrons. The van der Waals surface area contributed by atoms with Gasteiger partial charge in [0.15, 0.2) is 0 Å². The summed E-state index contributed by atoms with van der Waals surface area (Å²) in [5.41, 5.74) is 3.22. The number of imide groups is 1. The number of halogens is 3. The maximum absolute atomic E-state index is 13.0. The highest BCUT2D eigenvalue weighted by molar-refractivity contribution is 6.19. The largest absolute Gasteiger partial charge is 0.416 e. The quantitative estimate of drug-likeness (QED) is 0.400. The minimum Gasteiger partial charge on any atom is -0.310 e. The van der Waals surface area contributed by atoms with Gasteiger partial charge >= 0.3 is 12.2 Å². The molecule has 0 spiro atoms. The van der Waals surface area contributed by atoms with Crippen molar-refractivity contribution < 1.29 is 22.8 Å². The number of carbonyl (C=O) groups is 2. The Hall–Kier alpha value is -3.65. The van der Waals surface area contributed by atoms with Crippen LogP contribution in [0.3, 0.4) is 0 Å². The summed E-state index contributed by atoms with van der Waals surface area (Å²) in [4.78, 5) is 30.8. The van der Waals surface area contributed by atoms with Gasteiger partial charge in [0, 0.05) is 13.1 Å². The van der Waals surface area contributed by atoms with Crippen LogP contribution in [0.4, 0.5) is 23.7 Å². The summed E-state index contributed by atoms with van der Waals surface area (Å²) in [6.07, 6.45) is -1.89. The monoisotopic (exact) mass is 493 g/mol. The molecular weight excluding hydrogens is 467 g/mol. The summed E-state index contributed by atoms with van der Waals surface area (Å²) >= 11 is 0. The Morgan fingerprint density at radius 1 is 0.694 bits per heavy atom. The highest BCUT2D eigenvalue weighted by Gasteiger charge is 2.37. The van der Waals surface area contributed by atoms with Gasteiger partial charge in [-0.15, -0.1) is 0 Å². The molecule has 0 unspecified atom stereocenters. The van der Waals surface area contributed by atoms with Crippen molar-refractivity contribution in [3.63, 3.8) is 0 Å². The van der Waals surface area contributed by atoms with Crippen LogP contribution in [0.1, 0.15) is 29.5 Å². The zero-order valence-electron chi connectivity index (χ0n) is 19.7. The highest BCUT2D eigenvalue weighted by atomic mass is 19.4. The number of urea groups is 1. The van der Waals surface area contributed by atoms with E-state index in [0.29, 0.717) is 23.4 Å². The predicted octanol–water partition coefficient (Wildman–Crippen LogP) is 5.94. The third kappa shape index (κ3) is 5.14. The van der Waals surface area contributed by atoms with E-state index in [1.807, 2.05) is 12.1 Å². The number of alkyl halides is 3. The number of benzene rings is 3. The summed E-state index contributed by atoms with van der Waals surface area (Å²) in [5.74, 6) is -0.312. The van der Waals surface area contributed by atoms with E-state index in [0.717, 1.165) is 42.2 Å². The predicted molar refractivity (Wildman–Crippen MR) is 131 cm³/mol. The third-order valence-corrected chi connectivity index (χ3v) is 6.71. The van der Waals surface area contributed by atoms with E-state index in [9.17, 15) is 22.8 Å². The fourth-order valence-corrected chi connectivity index (χ4v) is 4.75. The molecule has 3 aromatic rings. The molecule has 3 amide bonds. The van der Waals surface area contributed by atoms with Gasteiger partial charge in [0.2, 0.25) is 0 Å². The van der Waals surface area contributed by atoms with Crippen LogP contribution in [0.5, 0.6) is 0 Å². The lowest BCUT2D eigenvalue weighted by Gasteiger charge is -2.18. The molecule has 5 rings (SSSR count). The van der Waals surface area contributed by atoms with Crippen molar-refractivity contribution >= 4 is 17.6 Å². The van der Waals surface area contributed by atoms with E-state index in [2.05, 4.69) is 17.0 Å². The standard InChI is InChI=1S/C28H26F3N3O2/c29-28(30,31)24-11-7-22(8-12-24)23-9-13-25(14-10-23)34-26(35)19-33(27(34)36)18-21-5-3-20(4-6-21)17-32-15-1-2-16-32/h3-14H,1-2,15-19H2. The second-order valence-electron chi connectivity index (χ2n) is 9.29. The Balaban J connectivity index is 1.23. The maximum atomic E-state index is 13.0. The molecule has 2 aliphatic heterocycles. The maximum Gasteiger partial charge on any atom is 0.416 e. The van der Waals surface area contributed by atoms with Crippen molar-refractivity contribution in [1.82, 2.24) is 9.80 Å². The molecule has 2 heterocycles. The summed E-state index contributed by atoms with van der Waals surface area (Å²) < 4.78 is 38.4. The minimum atomic E-state index is -4.39. The van der Waals surface area contributed by atoms with Crippen LogP contribution < -0.4 is 4.90 Å². The Bertz CT molecular complexity index is 1230. The second-order valence-corrected chi connectivity index (χ2v) is 9.29. The first kappa shape index (κ1) is 24.1. The summed E-state index contributed by atoms with van der Waals surface area (Å²) in [6.45, 7) is 3.53. The van der Waals surface area contributed by atoms with E-state index in [1.165, 1.54) is 35.4 Å². The van der Waals surface area contributed by atoms with Crippen LogP contribution in [0, 0.1) is 0 Å². The molecule has 2 fully saturated rings. The topological polar surface area (TPSA) is 43.9 Å². The van der Waals surface area contributed by atoms with Gasteiger partial charge in [-0.3, -0.25) is 9.69 Å². The van der Waals surface area contributed by atoms with Crippen molar-refractivity contribution in [3.05, 3.63) is 89.5 Å². The number of amides is 3. The van der Waals surface area contributed by atoms with Gasteiger partial charge in [-0.2, -0.15) is 13.2 Å². The number of rotatable bonds is 6. The lowest BCUT2D eigenvalue weighted by atomic mass is 10.0. The van der Waals surface area contributed by atoms with E-state index in [4.69, 9.17) is 0 Å². The first-order chi connectivity index (χ1) is 17.3. The Kier molecular flexibility index (Phi) is 6.53. The molecule has 0 atom stereocenters. The van der Waals surface area contributed by atoms with Gasteiger partial charge in [0.1, 0.15) is 6.54 Å². The fourth-order valence-electron chi connectivity index (χ4n) is 4.75. The van der Waals surface area contributed by atoms with Gasteiger partial charge in [0.05, 0.1) is 11.3 Å². The van der Waals surface area contributed by atoms with Crippen LogP contribution in [-0.4, -0.2) is 41.4 Å². The van der Waals surface area contributed by atoms with Crippen LogP contribution in [0.25, 0.3) is 11.1 Å². The molecule has 0 saturated carbocycles. The first-order valence-corrected chi connectivity index (χ1v) is 12.0. The minimum absolute atomic E-state index is 0.00494. The van der Waals surface area contributed by atoms with Gasteiger partial charge in [-0.1, -0.05) is 48.5 Å². The number of anilines is 1. The number of hydrogen-bond acceptors (Lipinski definition) is 3. The van der Waals surface area contributed by atoms with Gasteiger partial charge < -0.3 is 4.90 Å². The molecule has 8 heteroatoms. The van der Waals surface area contributed by atoms with Crippen molar-refractivity contribution in [2.45, 2.75) is 32.1 Å². The molecule has 0 aromatic heterocycles. The third-order valence-electron chi connectivity index (χ3n) is 6.71. The van der Waals surface area contributed by atoms with Gasteiger partial charge in [-0.25, -0.2) is 9.69 Å². The first-order valence-electron chi connectivity index (χ1n) is 12.0. The van der Waals surface area contributed by atoms with E-state index >= 15 is 0 Å². The molecule has 36 heavy (non-hydrogen) atoms. The Morgan fingerprint density at radius 2 is 1.22 bits per heavy atom. The molecular formula is C28H26F3N3O2. The number of carbonyl (C=O) groups excluding carboxylic acids is 2. The summed E-state index contributed by atoms with van der Waals surface area (Å²) in [6, 6.07) is 19.3. The number of nitrogens with zero attached hydrogens (tertiary/aromatic N) is 3. The van der Waals surface area contributed by atoms with Gasteiger partial charge in [-0.05, 0) is 72.5 Å². The highest BCUT2D eigenvalue weighted by Crippen LogP contribution is 2.32. The Labute approximate surface area is 207 Å². The molecule has 3 aromatic carbocycles. The number of hydrogen-bond donors (Lipinski definition) is 0. The average molecular weight is 494 g/mol. The number of likely N-dealkylation sites (tertiary alicyclic amines) is 1. The van der Waals surface area contributed by atoms with Crippen LogP contribution in [0.2, 0.25) is 0 Å². The second kappa shape index (κ2) is 9.78. The molecule has 2 aliphatic rings. The van der Waals surface area contributed by atoms with Crippen molar-refractivity contribution in [3.8, 4) is 11.1 Å². The van der Waals surface area contributed by atoms with E-state index in [1.54, 1.807) is 24.3 Å². The van der Waals surface area contributed by atoms with Crippen LogP contribution in [0.15, 0.2) is 72.8 Å². The normalized spacial score (nSPS) is 16.9. The molecule has 186 valence electrons. The smallest absolute Gasteiger partial charge is 0.310 e. The van der Waals surface area contributed by atoms with E-state index in [-0.39, 0.29) is 18.5 Å². The van der Waals surface area contributed by atoms with E-state index < -0.39 is 11.7 Å². The Morgan fingerprint density at radius 3 is 1.78 bits per heavy atom. The van der Waals surface area contributed by atoms with Crippen LogP contribution >= 0.6 is 0 Å². The zero-order valence-corrected chi connectivity index (χ0v) is 19.7. The van der Waals surface area contributed by atoms with Crippen molar-refractivity contribution in [2.24, 2.45) is 0 Å². The SMILES string of the molecule is O=C1CN(Cc2ccc(CN3CCCC3)cc2)C(=O)N1c1ccc(-c2ccc(C(F)(F)F)cc2)cc1. The lowest BCUT2D eigenvalue weighted by molar-refractivity contribution is -0.137. The fraction of sp³-hybridized carbons (Fsp3) is 0.286. The van der Waals surface area contributed by atoms with Gasteiger partial charge in [0.25, 0.3) is 5.91 Å². The molecule has 2 saturated heterocycles. The zero-order chi connectivity index (χ0) is 25.3. The van der Waals surface area contributed by atoms with Crippen molar-refractivity contribution in [2.75, 3.05) is 24.5 Å². The van der Waals surface area contributed by atoms with Crippen molar-refractivity contribution in [1.29, 1.82) is 0 Å². The molecule has 0 N–H and O–H groups in total. The molecule has 5 nitrogen and oxygen atoms in total. The summed E-state index contributed by atoms with van der Waals surface area (Å²) in [7, 11) is 0. The average Bonchev–Trinajstić information content (AvgIpc) is 3.47. The molecule has 0 bridgehead atoms. The molecule has 0 aliphatic carbocycles.